The van der Waals surface area contributed by atoms with Gasteiger partial charge in [-0.05, 0) is 25.6 Å². The van der Waals surface area contributed by atoms with Crippen molar-refractivity contribution >= 4 is 11.8 Å². The van der Waals surface area contributed by atoms with Crippen molar-refractivity contribution in [3.8, 4) is 0 Å². The van der Waals surface area contributed by atoms with E-state index in [1.807, 2.05) is 37.4 Å². The maximum atomic E-state index is 12.2. The highest BCUT2D eigenvalue weighted by Gasteiger charge is 2.56. The Bertz CT molecular complexity index is 500. The first-order valence-electron chi connectivity index (χ1n) is 6.23. The van der Waals surface area contributed by atoms with Crippen molar-refractivity contribution in [1.29, 1.82) is 0 Å². The summed E-state index contributed by atoms with van der Waals surface area (Å²) in [5, 5.41) is 2.47. The highest BCUT2D eigenvalue weighted by Crippen LogP contribution is 2.50. The number of nitrogens with one attached hydrogen (secondary N) is 1. The van der Waals surface area contributed by atoms with Crippen molar-refractivity contribution in [2.24, 2.45) is 5.41 Å². The Balaban J connectivity index is 2.05. The average Bonchev–Trinajstić information content (AvgIpc) is 2.82. The van der Waals surface area contributed by atoms with Gasteiger partial charge >= 0.3 is 0 Å². The van der Waals surface area contributed by atoms with Crippen LogP contribution in [0, 0.1) is 5.41 Å². The summed E-state index contributed by atoms with van der Waals surface area (Å²) in [7, 11) is 2.02. The number of carbonyl (C=O) groups is 2. The molecule has 1 aromatic carbocycles. The average molecular weight is 244 g/mol. The van der Waals surface area contributed by atoms with Gasteiger partial charge in [-0.3, -0.25) is 19.8 Å². The Morgan fingerprint density at radius 1 is 1.28 bits per heavy atom. The molecule has 2 atom stereocenters. The van der Waals surface area contributed by atoms with Crippen molar-refractivity contribution in [3.05, 3.63) is 35.9 Å². The normalized spacial score (nSPS) is 32.2. The number of imide groups is 1. The molecule has 0 aromatic heterocycles. The third-order valence-corrected chi connectivity index (χ3v) is 4.17. The zero-order valence-electron chi connectivity index (χ0n) is 10.3. The van der Waals surface area contributed by atoms with Crippen LogP contribution in [-0.4, -0.2) is 30.3 Å². The molecule has 2 fully saturated rings. The second-order valence-corrected chi connectivity index (χ2v) is 5.25. The van der Waals surface area contributed by atoms with Crippen LogP contribution in [0.3, 0.4) is 0 Å². The fourth-order valence-electron chi connectivity index (χ4n) is 3.36. The van der Waals surface area contributed by atoms with Crippen molar-refractivity contribution in [2.75, 3.05) is 13.6 Å². The van der Waals surface area contributed by atoms with Crippen LogP contribution in [0.5, 0.6) is 0 Å². The molecule has 2 aliphatic rings. The summed E-state index contributed by atoms with van der Waals surface area (Å²) in [4.78, 5) is 25.9. The summed E-state index contributed by atoms with van der Waals surface area (Å²) < 4.78 is 0. The van der Waals surface area contributed by atoms with Gasteiger partial charge in [-0.25, -0.2) is 0 Å². The van der Waals surface area contributed by atoms with Crippen LogP contribution in [0.2, 0.25) is 0 Å². The molecule has 2 heterocycles. The van der Waals surface area contributed by atoms with Gasteiger partial charge in [-0.1, -0.05) is 30.3 Å². The topological polar surface area (TPSA) is 49.4 Å². The molecule has 2 saturated heterocycles. The Labute approximate surface area is 106 Å². The van der Waals surface area contributed by atoms with Crippen LogP contribution in [0.15, 0.2) is 30.3 Å². The lowest BCUT2D eigenvalue weighted by Gasteiger charge is -2.31. The Morgan fingerprint density at radius 3 is 2.61 bits per heavy atom. The van der Waals surface area contributed by atoms with Crippen LogP contribution in [-0.2, 0) is 9.59 Å². The van der Waals surface area contributed by atoms with Gasteiger partial charge in [0.1, 0.15) is 0 Å². The van der Waals surface area contributed by atoms with E-state index in [-0.39, 0.29) is 17.9 Å². The molecular weight excluding hydrogens is 228 g/mol. The highest BCUT2D eigenvalue weighted by molar-refractivity contribution is 6.06. The first-order chi connectivity index (χ1) is 8.63. The number of amides is 2. The number of hydrogen-bond donors (Lipinski definition) is 1. The number of carbonyl (C=O) groups excluding carboxylic acids is 2. The minimum Gasteiger partial charge on any atom is -0.298 e. The van der Waals surface area contributed by atoms with Gasteiger partial charge in [0.2, 0.25) is 11.8 Å². The molecule has 0 saturated carbocycles. The van der Waals surface area contributed by atoms with Crippen LogP contribution in [0.25, 0.3) is 0 Å². The first-order valence-corrected chi connectivity index (χ1v) is 6.23. The maximum absolute atomic E-state index is 12.2. The van der Waals surface area contributed by atoms with E-state index in [2.05, 4.69) is 10.2 Å². The molecule has 94 valence electrons. The molecule has 2 amide bonds. The third-order valence-electron chi connectivity index (χ3n) is 4.17. The SMILES string of the molecule is CN1CC[C@@]2(CC(=O)NC2=O)[C@@H]1c1ccccc1. The lowest BCUT2D eigenvalue weighted by atomic mass is 9.76. The zero-order valence-corrected chi connectivity index (χ0v) is 10.3. The van der Waals surface area contributed by atoms with Gasteiger partial charge in [-0.2, -0.15) is 0 Å². The predicted octanol–water partition coefficient (Wildman–Crippen LogP) is 1.10. The maximum Gasteiger partial charge on any atom is 0.235 e. The molecule has 2 aliphatic heterocycles. The zero-order chi connectivity index (χ0) is 12.8. The van der Waals surface area contributed by atoms with Gasteiger partial charge in [0, 0.05) is 12.5 Å². The van der Waals surface area contributed by atoms with Crippen LogP contribution in [0.1, 0.15) is 24.4 Å². The van der Waals surface area contributed by atoms with Crippen LogP contribution in [0.4, 0.5) is 0 Å². The van der Waals surface area contributed by atoms with Crippen LogP contribution >= 0.6 is 0 Å². The van der Waals surface area contributed by atoms with Gasteiger partial charge in [0.25, 0.3) is 0 Å². The van der Waals surface area contributed by atoms with Gasteiger partial charge in [0.15, 0.2) is 0 Å². The summed E-state index contributed by atoms with van der Waals surface area (Å²) in [5.41, 5.74) is 0.551. The van der Waals surface area contributed by atoms with E-state index < -0.39 is 5.41 Å². The van der Waals surface area contributed by atoms with E-state index in [0.29, 0.717) is 6.42 Å². The monoisotopic (exact) mass is 244 g/mol. The number of likely N-dealkylation sites (tertiary alicyclic amines) is 1. The first kappa shape index (κ1) is 11.4. The van der Waals surface area contributed by atoms with E-state index in [4.69, 9.17) is 0 Å². The quantitative estimate of drug-likeness (QED) is 0.752. The molecule has 1 spiro atoms. The van der Waals surface area contributed by atoms with Gasteiger partial charge in [0.05, 0.1) is 5.41 Å². The van der Waals surface area contributed by atoms with Gasteiger partial charge in [-0.15, -0.1) is 0 Å². The Morgan fingerprint density at radius 2 is 2.00 bits per heavy atom. The molecule has 4 nitrogen and oxygen atoms in total. The van der Waals surface area contributed by atoms with Crippen molar-refractivity contribution < 1.29 is 9.59 Å². The van der Waals surface area contributed by atoms with Crippen LogP contribution < -0.4 is 5.32 Å². The molecular formula is C14H16N2O2. The minimum atomic E-state index is -0.562. The fourth-order valence-corrected chi connectivity index (χ4v) is 3.36. The van der Waals surface area contributed by atoms with E-state index in [0.717, 1.165) is 18.5 Å². The van der Waals surface area contributed by atoms with Crippen molar-refractivity contribution in [1.82, 2.24) is 10.2 Å². The van der Waals surface area contributed by atoms with Crippen molar-refractivity contribution in [2.45, 2.75) is 18.9 Å². The number of hydrogen-bond acceptors (Lipinski definition) is 3. The smallest absolute Gasteiger partial charge is 0.235 e. The molecule has 0 bridgehead atoms. The summed E-state index contributed by atoms with van der Waals surface area (Å²) in [6.45, 7) is 0.847. The van der Waals surface area contributed by atoms with Crippen molar-refractivity contribution in [3.63, 3.8) is 0 Å². The molecule has 0 aliphatic carbocycles. The second kappa shape index (κ2) is 3.92. The summed E-state index contributed by atoms with van der Waals surface area (Å²) in [5.74, 6) is -0.248. The highest BCUT2D eigenvalue weighted by atomic mass is 16.2. The van der Waals surface area contributed by atoms with E-state index in [9.17, 15) is 9.59 Å². The summed E-state index contributed by atoms with van der Waals surface area (Å²) >= 11 is 0. The Kier molecular flexibility index (Phi) is 2.48. The molecule has 3 rings (SSSR count). The predicted molar refractivity (Wildman–Crippen MR) is 66.6 cm³/mol. The van der Waals surface area contributed by atoms with Gasteiger partial charge < -0.3 is 0 Å². The van der Waals surface area contributed by atoms with E-state index >= 15 is 0 Å². The molecule has 0 radical (unpaired) electrons. The Hall–Kier alpha value is -1.68. The molecule has 4 heteroatoms. The lowest BCUT2D eigenvalue weighted by molar-refractivity contribution is -0.129. The standard InChI is InChI=1S/C14H16N2O2/c1-16-8-7-14(9-11(17)15-13(14)18)12(16)10-5-3-2-4-6-10/h2-6,12H,7-9H2,1H3,(H,15,17,18)/t12-,14+/m0/s1. The molecule has 1 N–H and O–H groups in total. The molecule has 18 heavy (non-hydrogen) atoms. The second-order valence-electron chi connectivity index (χ2n) is 5.25. The lowest BCUT2D eigenvalue weighted by Crippen LogP contribution is -2.36. The molecule has 0 unspecified atom stereocenters. The van der Waals surface area contributed by atoms with E-state index in [1.165, 1.54) is 0 Å². The number of rotatable bonds is 1. The number of nitrogens with zero attached hydrogens (tertiary/aromatic N) is 1. The summed E-state index contributed by atoms with van der Waals surface area (Å²) in [6, 6.07) is 9.98. The minimum absolute atomic E-state index is 0.00477. The number of benzene rings is 1. The molecule has 1 aromatic rings. The summed E-state index contributed by atoms with van der Waals surface area (Å²) in [6.07, 6.45) is 1.07. The fraction of sp³-hybridized carbons (Fsp3) is 0.429. The largest absolute Gasteiger partial charge is 0.298 e. The van der Waals surface area contributed by atoms with E-state index in [1.54, 1.807) is 0 Å². The third kappa shape index (κ3) is 1.49.